The fourth-order valence-corrected chi connectivity index (χ4v) is 2.96. The molecule has 1 N–H and O–H groups in total. The van der Waals surface area contributed by atoms with Crippen LogP contribution in [0.2, 0.25) is 5.02 Å². The van der Waals surface area contributed by atoms with Crippen molar-refractivity contribution in [2.75, 3.05) is 12.4 Å². The molecule has 1 aromatic heterocycles. The Balaban J connectivity index is 2.58. The number of benzene rings is 1. The predicted molar refractivity (Wildman–Crippen MR) is 93.2 cm³/mol. The second-order valence-corrected chi connectivity index (χ2v) is 6.61. The zero-order valence-corrected chi connectivity index (χ0v) is 15.0. The van der Waals surface area contributed by atoms with Gasteiger partial charge in [-0.25, -0.2) is 14.4 Å². The second-order valence-electron chi connectivity index (χ2n) is 5.13. The molecule has 0 aliphatic rings. The summed E-state index contributed by atoms with van der Waals surface area (Å²) in [4.78, 5) is 9.10. The quantitative estimate of drug-likeness (QED) is 0.725. The van der Waals surface area contributed by atoms with Gasteiger partial charge in [-0.3, -0.25) is 0 Å². The Morgan fingerprint density at radius 1 is 1.33 bits per heavy atom. The third-order valence-corrected chi connectivity index (χ3v) is 4.38. The normalized spacial score (nSPS) is 11.0. The van der Waals surface area contributed by atoms with Gasteiger partial charge in [0, 0.05) is 12.6 Å². The minimum atomic E-state index is -0.370. The maximum Gasteiger partial charge on any atom is 0.163 e. The van der Waals surface area contributed by atoms with Gasteiger partial charge in [-0.15, -0.1) is 0 Å². The number of anilines is 1. The Hall–Kier alpha value is -0.950. The first-order valence-electron chi connectivity index (χ1n) is 6.62. The van der Waals surface area contributed by atoms with Gasteiger partial charge < -0.3 is 5.32 Å². The van der Waals surface area contributed by atoms with E-state index in [1.165, 1.54) is 12.1 Å². The molecular weight excluding hydrogens is 404 g/mol. The zero-order chi connectivity index (χ0) is 15.6. The standard InChI is InChI=1S/C15H16ClFIN3/c1-8(2)6-12-13(18)15(19-3)21-14(20-12)10-5-4-9(17)7-11(10)16/h4-5,7-8H,6H2,1-3H3,(H,19,20,21). The molecule has 0 bridgehead atoms. The van der Waals surface area contributed by atoms with Crippen LogP contribution < -0.4 is 5.32 Å². The van der Waals surface area contributed by atoms with Crippen LogP contribution in [0.4, 0.5) is 10.2 Å². The molecular formula is C15H16ClFIN3. The number of rotatable bonds is 4. The molecule has 0 radical (unpaired) electrons. The van der Waals surface area contributed by atoms with E-state index in [0.717, 1.165) is 21.5 Å². The van der Waals surface area contributed by atoms with Gasteiger partial charge in [0.2, 0.25) is 0 Å². The van der Waals surface area contributed by atoms with E-state index in [4.69, 9.17) is 11.6 Å². The summed E-state index contributed by atoms with van der Waals surface area (Å²) in [6.07, 6.45) is 0.848. The van der Waals surface area contributed by atoms with Crippen molar-refractivity contribution < 1.29 is 4.39 Å². The Labute approximate surface area is 142 Å². The van der Waals surface area contributed by atoms with Gasteiger partial charge in [0.15, 0.2) is 5.82 Å². The van der Waals surface area contributed by atoms with Crippen LogP contribution in [0.3, 0.4) is 0 Å². The third-order valence-electron chi connectivity index (χ3n) is 2.93. The van der Waals surface area contributed by atoms with E-state index in [2.05, 4.69) is 51.7 Å². The highest BCUT2D eigenvalue weighted by molar-refractivity contribution is 14.1. The van der Waals surface area contributed by atoms with Crippen LogP contribution in [0.1, 0.15) is 19.5 Å². The highest BCUT2D eigenvalue weighted by Gasteiger charge is 2.15. The zero-order valence-electron chi connectivity index (χ0n) is 12.0. The van der Waals surface area contributed by atoms with Crippen LogP contribution in [-0.2, 0) is 6.42 Å². The summed E-state index contributed by atoms with van der Waals surface area (Å²) >= 11 is 8.36. The first-order chi connectivity index (χ1) is 9.92. The second kappa shape index (κ2) is 6.87. The molecule has 0 saturated carbocycles. The van der Waals surface area contributed by atoms with Crippen molar-refractivity contribution >= 4 is 40.0 Å². The van der Waals surface area contributed by atoms with E-state index in [0.29, 0.717) is 22.3 Å². The minimum Gasteiger partial charge on any atom is -0.372 e. The van der Waals surface area contributed by atoms with Crippen LogP contribution in [0, 0.1) is 15.3 Å². The molecule has 6 heteroatoms. The SMILES string of the molecule is CNc1nc(-c2ccc(F)cc2Cl)nc(CC(C)C)c1I. The first kappa shape index (κ1) is 16.4. The third kappa shape index (κ3) is 3.83. The number of nitrogens with zero attached hydrogens (tertiary/aromatic N) is 2. The molecule has 0 aliphatic carbocycles. The molecule has 21 heavy (non-hydrogen) atoms. The van der Waals surface area contributed by atoms with Crippen molar-refractivity contribution in [3.8, 4) is 11.4 Å². The maximum absolute atomic E-state index is 13.2. The Morgan fingerprint density at radius 2 is 2.05 bits per heavy atom. The Bertz CT molecular complexity index is 662. The lowest BCUT2D eigenvalue weighted by atomic mass is 10.1. The summed E-state index contributed by atoms with van der Waals surface area (Å²) in [5, 5.41) is 3.39. The molecule has 112 valence electrons. The van der Waals surface area contributed by atoms with Crippen molar-refractivity contribution in [2.45, 2.75) is 20.3 Å². The van der Waals surface area contributed by atoms with E-state index in [1.807, 2.05) is 7.05 Å². The van der Waals surface area contributed by atoms with E-state index in [9.17, 15) is 4.39 Å². The molecule has 1 aromatic carbocycles. The van der Waals surface area contributed by atoms with Crippen molar-refractivity contribution in [1.29, 1.82) is 0 Å². The molecule has 0 atom stereocenters. The van der Waals surface area contributed by atoms with Crippen LogP contribution in [-0.4, -0.2) is 17.0 Å². The summed E-state index contributed by atoms with van der Waals surface area (Å²) in [6.45, 7) is 4.28. The van der Waals surface area contributed by atoms with Gasteiger partial charge in [0.1, 0.15) is 11.6 Å². The summed E-state index contributed by atoms with van der Waals surface area (Å²) < 4.78 is 14.2. The van der Waals surface area contributed by atoms with Crippen molar-refractivity contribution in [3.05, 3.63) is 38.3 Å². The molecule has 2 aromatic rings. The van der Waals surface area contributed by atoms with Gasteiger partial charge >= 0.3 is 0 Å². The number of hydrogen-bond donors (Lipinski definition) is 1. The lowest BCUT2D eigenvalue weighted by Crippen LogP contribution is -2.08. The molecule has 0 amide bonds. The fourth-order valence-electron chi connectivity index (χ4n) is 1.97. The number of aromatic nitrogens is 2. The van der Waals surface area contributed by atoms with Crippen molar-refractivity contribution in [2.24, 2.45) is 5.92 Å². The number of halogens is 3. The summed E-state index contributed by atoms with van der Waals surface area (Å²) in [5.41, 5.74) is 1.61. The van der Waals surface area contributed by atoms with Gasteiger partial charge in [-0.2, -0.15) is 0 Å². The molecule has 3 nitrogen and oxygen atoms in total. The molecule has 2 rings (SSSR count). The maximum atomic E-state index is 13.2. The largest absolute Gasteiger partial charge is 0.372 e. The fraction of sp³-hybridized carbons (Fsp3) is 0.333. The summed E-state index contributed by atoms with van der Waals surface area (Å²) in [5.74, 6) is 1.39. The Kier molecular flexibility index (Phi) is 5.37. The first-order valence-corrected chi connectivity index (χ1v) is 8.07. The lowest BCUT2D eigenvalue weighted by molar-refractivity contribution is 0.628. The molecule has 1 heterocycles. The molecule has 0 unspecified atom stereocenters. The van der Waals surface area contributed by atoms with Crippen molar-refractivity contribution in [3.63, 3.8) is 0 Å². The van der Waals surface area contributed by atoms with Crippen LogP contribution in [0.15, 0.2) is 18.2 Å². The van der Waals surface area contributed by atoms with Gasteiger partial charge in [0.05, 0.1) is 14.3 Å². The molecule has 0 aliphatic heterocycles. The molecule has 0 fully saturated rings. The van der Waals surface area contributed by atoms with Crippen LogP contribution >= 0.6 is 34.2 Å². The average molecular weight is 420 g/mol. The number of hydrogen-bond acceptors (Lipinski definition) is 3. The van der Waals surface area contributed by atoms with Crippen LogP contribution in [0.25, 0.3) is 11.4 Å². The lowest BCUT2D eigenvalue weighted by Gasteiger charge is -2.13. The predicted octanol–water partition coefficient (Wildman–Crippen LogP) is 4.78. The number of nitrogens with one attached hydrogen (secondary N) is 1. The average Bonchev–Trinajstić information content (AvgIpc) is 2.41. The van der Waals surface area contributed by atoms with Gasteiger partial charge in [-0.1, -0.05) is 25.4 Å². The van der Waals surface area contributed by atoms with E-state index in [1.54, 1.807) is 6.07 Å². The smallest absolute Gasteiger partial charge is 0.163 e. The van der Waals surface area contributed by atoms with E-state index >= 15 is 0 Å². The van der Waals surface area contributed by atoms with Gasteiger partial charge in [-0.05, 0) is 53.1 Å². The van der Waals surface area contributed by atoms with E-state index in [-0.39, 0.29) is 5.82 Å². The highest BCUT2D eigenvalue weighted by atomic mass is 127. The monoisotopic (exact) mass is 419 g/mol. The summed E-state index contributed by atoms with van der Waals surface area (Å²) in [7, 11) is 1.82. The molecule has 0 spiro atoms. The Morgan fingerprint density at radius 3 is 2.62 bits per heavy atom. The summed E-state index contributed by atoms with van der Waals surface area (Å²) in [6, 6.07) is 4.25. The minimum absolute atomic E-state index is 0.314. The highest BCUT2D eigenvalue weighted by Crippen LogP contribution is 2.30. The van der Waals surface area contributed by atoms with Crippen LogP contribution in [0.5, 0.6) is 0 Å². The molecule has 0 saturated heterocycles. The van der Waals surface area contributed by atoms with Crippen molar-refractivity contribution in [1.82, 2.24) is 9.97 Å². The van der Waals surface area contributed by atoms with E-state index < -0.39 is 0 Å². The topological polar surface area (TPSA) is 37.8 Å². The van der Waals surface area contributed by atoms with Gasteiger partial charge in [0.25, 0.3) is 0 Å².